The third-order valence-electron chi connectivity index (χ3n) is 3.58. The Labute approximate surface area is 98.9 Å². The van der Waals surface area contributed by atoms with Gasteiger partial charge in [-0.25, -0.2) is 0 Å². The van der Waals surface area contributed by atoms with Crippen molar-refractivity contribution in [2.75, 3.05) is 0 Å². The minimum absolute atomic E-state index is 0.462. The standard InChI is InChI=1S/C15H22O/c1-5-11(3)13-8-7-9-14(12(4)6-2)15(13)10-16/h7-12H,5-6H2,1-4H3/t11-,12+. The Bertz CT molecular complexity index is 326. The van der Waals surface area contributed by atoms with E-state index in [4.69, 9.17) is 0 Å². The van der Waals surface area contributed by atoms with Crippen LogP contribution in [0.15, 0.2) is 18.2 Å². The first-order valence-corrected chi connectivity index (χ1v) is 6.23. The van der Waals surface area contributed by atoms with E-state index in [1.807, 2.05) is 0 Å². The van der Waals surface area contributed by atoms with Gasteiger partial charge in [0.15, 0.2) is 6.29 Å². The summed E-state index contributed by atoms with van der Waals surface area (Å²) in [6.45, 7) is 8.69. The molecule has 0 aliphatic carbocycles. The predicted molar refractivity (Wildman–Crippen MR) is 69.2 cm³/mol. The molecule has 1 rings (SSSR count). The van der Waals surface area contributed by atoms with Crippen molar-refractivity contribution in [2.45, 2.75) is 52.4 Å². The monoisotopic (exact) mass is 218 g/mol. The first-order chi connectivity index (χ1) is 7.65. The number of carbonyl (C=O) groups excluding carboxylic acids is 1. The zero-order valence-corrected chi connectivity index (χ0v) is 10.8. The second-order valence-electron chi connectivity index (χ2n) is 4.59. The van der Waals surface area contributed by atoms with Crippen LogP contribution in [0.25, 0.3) is 0 Å². The van der Waals surface area contributed by atoms with Gasteiger partial charge < -0.3 is 0 Å². The molecule has 0 bridgehead atoms. The Morgan fingerprint density at radius 1 is 1.06 bits per heavy atom. The fraction of sp³-hybridized carbons (Fsp3) is 0.533. The van der Waals surface area contributed by atoms with Gasteiger partial charge in [-0.15, -0.1) is 0 Å². The van der Waals surface area contributed by atoms with Gasteiger partial charge in [0.2, 0.25) is 0 Å². The average molecular weight is 218 g/mol. The molecule has 0 amide bonds. The van der Waals surface area contributed by atoms with Crippen LogP contribution in [0.4, 0.5) is 0 Å². The van der Waals surface area contributed by atoms with Crippen LogP contribution < -0.4 is 0 Å². The van der Waals surface area contributed by atoms with E-state index in [1.54, 1.807) is 0 Å². The molecule has 0 fully saturated rings. The van der Waals surface area contributed by atoms with Gasteiger partial charge in [-0.3, -0.25) is 4.79 Å². The quantitative estimate of drug-likeness (QED) is 0.664. The summed E-state index contributed by atoms with van der Waals surface area (Å²) >= 11 is 0. The second-order valence-corrected chi connectivity index (χ2v) is 4.59. The molecule has 1 heteroatoms. The maximum atomic E-state index is 11.3. The molecule has 1 aromatic carbocycles. The summed E-state index contributed by atoms with van der Waals surface area (Å²) in [4.78, 5) is 11.3. The molecule has 0 aliphatic heterocycles. The summed E-state index contributed by atoms with van der Waals surface area (Å²) in [6, 6.07) is 6.25. The molecule has 0 radical (unpaired) electrons. The minimum atomic E-state index is 0.462. The molecule has 0 aromatic heterocycles. The van der Waals surface area contributed by atoms with Crippen molar-refractivity contribution in [2.24, 2.45) is 0 Å². The normalized spacial score (nSPS) is 14.5. The van der Waals surface area contributed by atoms with E-state index in [-0.39, 0.29) is 0 Å². The molecule has 16 heavy (non-hydrogen) atoms. The lowest BCUT2D eigenvalue weighted by molar-refractivity contribution is 0.112. The van der Waals surface area contributed by atoms with Crippen LogP contribution in [0.1, 0.15) is 73.9 Å². The molecule has 0 spiro atoms. The summed E-state index contributed by atoms with van der Waals surface area (Å²) in [5.74, 6) is 0.924. The Morgan fingerprint density at radius 3 is 1.81 bits per heavy atom. The number of benzene rings is 1. The third-order valence-corrected chi connectivity index (χ3v) is 3.58. The van der Waals surface area contributed by atoms with Crippen LogP contribution in [-0.4, -0.2) is 6.29 Å². The van der Waals surface area contributed by atoms with Gasteiger partial charge in [0.1, 0.15) is 0 Å². The average Bonchev–Trinajstić information content (AvgIpc) is 2.35. The smallest absolute Gasteiger partial charge is 0.150 e. The number of hydrogen-bond donors (Lipinski definition) is 0. The van der Waals surface area contributed by atoms with Gasteiger partial charge in [-0.05, 0) is 35.8 Å². The van der Waals surface area contributed by atoms with Crippen molar-refractivity contribution in [3.05, 3.63) is 34.9 Å². The van der Waals surface area contributed by atoms with Crippen molar-refractivity contribution in [1.29, 1.82) is 0 Å². The van der Waals surface area contributed by atoms with Crippen molar-refractivity contribution in [1.82, 2.24) is 0 Å². The van der Waals surface area contributed by atoms with E-state index in [2.05, 4.69) is 45.9 Å². The summed E-state index contributed by atoms with van der Waals surface area (Å²) in [7, 11) is 0. The maximum absolute atomic E-state index is 11.3. The zero-order chi connectivity index (χ0) is 12.1. The lowest BCUT2D eigenvalue weighted by atomic mass is 9.86. The van der Waals surface area contributed by atoms with Crippen LogP contribution in [0.5, 0.6) is 0 Å². The van der Waals surface area contributed by atoms with Crippen LogP contribution in [0, 0.1) is 0 Å². The third kappa shape index (κ3) is 2.52. The highest BCUT2D eigenvalue weighted by Gasteiger charge is 2.15. The Hall–Kier alpha value is -1.11. The van der Waals surface area contributed by atoms with E-state index >= 15 is 0 Å². The SMILES string of the molecule is CC[C@@H](C)c1cccc([C@@H](C)CC)c1C=O. The van der Waals surface area contributed by atoms with Crippen LogP contribution in [-0.2, 0) is 0 Å². The molecule has 2 atom stereocenters. The van der Waals surface area contributed by atoms with Crippen LogP contribution in [0.3, 0.4) is 0 Å². The largest absolute Gasteiger partial charge is 0.298 e. The highest BCUT2D eigenvalue weighted by Crippen LogP contribution is 2.29. The number of hydrogen-bond acceptors (Lipinski definition) is 1. The van der Waals surface area contributed by atoms with E-state index in [0.29, 0.717) is 11.8 Å². The van der Waals surface area contributed by atoms with Crippen molar-refractivity contribution in [3.63, 3.8) is 0 Å². The number of aldehydes is 1. The summed E-state index contributed by atoms with van der Waals surface area (Å²) < 4.78 is 0. The summed E-state index contributed by atoms with van der Waals surface area (Å²) in [5, 5.41) is 0. The number of carbonyl (C=O) groups is 1. The summed E-state index contributed by atoms with van der Waals surface area (Å²) in [6.07, 6.45) is 3.18. The van der Waals surface area contributed by atoms with Crippen LogP contribution >= 0.6 is 0 Å². The van der Waals surface area contributed by atoms with Gasteiger partial charge in [0, 0.05) is 5.56 Å². The molecular formula is C15H22O. The maximum Gasteiger partial charge on any atom is 0.150 e. The van der Waals surface area contributed by atoms with Gasteiger partial charge in [-0.2, -0.15) is 0 Å². The van der Waals surface area contributed by atoms with E-state index in [0.717, 1.165) is 24.7 Å². The topological polar surface area (TPSA) is 17.1 Å². The molecule has 1 nitrogen and oxygen atoms in total. The highest BCUT2D eigenvalue weighted by atomic mass is 16.1. The molecule has 0 saturated heterocycles. The zero-order valence-electron chi connectivity index (χ0n) is 10.8. The first kappa shape index (κ1) is 13.0. The lowest BCUT2D eigenvalue weighted by Crippen LogP contribution is -2.04. The molecular weight excluding hydrogens is 196 g/mol. The molecule has 0 saturated carbocycles. The molecule has 1 aromatic rings. The molecule has 0 heterocycles. The first-order valence-electron chi connectivity index (χ1n) is 6.23. The van der Waals surface area contributed by atoms with E-state index < -0.39 is 0 Å². The Morgan fingerprint density at radius 2 is 1.50 bits per heavy atom. The van der Waals surface area contributed by atoms with Gasteiger partial charge in [0.05, 0.1) is 0 Å². The van der Waals surface area contributed by atoms with Gasteiger partial charge >= 0.3 is 0 Å². The Balaban J connectivity index is 3.25. The minimum Gasteiger partial charge on any atom is -0.298 e. The van der Waals surface area contributed by atoms with Crippen molar-refractivity contribution in [3.8, 4) is 0 Å². The van der Waals surface area contributed by atoms with E-state index in [1.165, 1.54) is 11.1 Å². The fourth-order valence-electron chi connectivity index (χ4n) is 2.04. The van der Waals surface area contributed by atoms with Crippen LogP contribution in [0.2, 0.25) is 0 Å². The fourth-order valence-corrected chi connectivity index (χ4v) is 2.04. The van der Waals surface area contributed by atoms with Crippen molar-refractivity contribution < 1.29 is 4.79 Å². The highest BCUT2D eigenvalue weighted by molar-refractivity contribution is 5.80. The second kappa shape index (κ2) is 5.83. The molecule has 0 unspecified atom stereocenters. The molecule has 0 aliphatic rings. The van der Waals surface area contributed by atoms with Gasteiger partial charge in [-0.1, -0.05) is 45.9 Å². The number of rotatable bonds is 5. The summed E-state index contributed by atoms with van der Waals surface area (Å²) in [5.41, 5.74) is 3.33. The Kier molecular flexibility index (Phi) is 4.72. The molecule has 88 valence electrons. The van der Waals surface area contributed by atoms with Gasteiger partial charge in [0.25, 0.3) is 0 Å². The predicted octanol–water partition coefficient (Wildman–Crippen LogP) is 4.53. The van der Waals surface area contributed by atoms with Crippen molar-refractivity contribution >= 4 is 6.29 Å². The van der Waals surface area contributed by atoms with E-state index in [9.17, 15) is 4.79 Å². The lowest BCUT2D eigenvalue weighted by Gasteiger charge is -2.18. The molecule has 0 N–H and O–H groups in total.